The van der Waals surface area contributed by atoms with E-state index in [4.69, 9.17) is 9.94 Å². The van der Waals surface area contributed by atoms with Crippen molar-refractivity contribution in [3.05, 3.63) is 30.1 Å². The Balaban J connectivity index is 1.78. The second kappa shape index (κ2) is 7.96. The molecule has 2 atom stereocenters. The molecule has 2 heterocycles. The van der Waals surface area contributed by atoms with Gasteiger partial charge in [-0.1, -0.05) is 5.21 Å². The molecular weight excluding hydrogens is 380 g/mol. The summed E-state index contributed by atoms with van der Waals surface area (Å²) in [6.45, 7) is 0.104. The minimum atomic E-state index is -4.07. The fourth-order valence-electron chi connectivity index (χ4n) is 2.82. The highest BCUT2D eigenvalue weighted by atomic mass is 32.2. The number of hydrogen-bond donors (Lipinski definition) is 4. The molecule has 4 N–H and O–H groups in total. The zero-order valence-corrected chi connectivity index (χ0v) is 14.8. The monoisotopic (exact) mass is 398 g/mol. The van der Waals surface area contributed by atoms with Gasteiger partial charge < -0.3 is 9.84 Å². The fourth-order valence-corrected chi connectivity index (χ4v) is 4.48. The Kier molecular flexibility index (Phi) is 5.65. The molecule has 2 aromatic rings. The summed E-state index contributed by atoms with van der Waals surface area (Å²) >= 11 is 0. The third-order valence-electron chi connectivity index (χ3n) is 4.12. The minimum Gasteiger partial charge on any atom is -0.485 e. The maximum absolute atomic E-state index is 12.9. The second-order valence-electron chi connectivity index (χ2n) is 5.83. The van der Waals surface area contributed by atoms with Gasteiger partial charge >= 0.3 is 0 Å². The number of tetrazole rings is 1. The van der Waals surface area contributed by atoms with Gasteiger partial charge in [-0.15, -0.1) is 10.2 Å². The van der Waals surface area contributed by atoms with Crippen molar-refractivity contribution in [2.24, 2.45) is 0 Å². The van der Waals surface area contributed by atoms with Crippen LogP contribution in [0.5, 0.6) is 5.75 Å². The molecular formula is C14H18N6O6S. The van der Waals surface area contributed by atoms with Crippen LogP contribution in [0.3, 0.4) is 0 Å². The molecule has 1 amide bonds. The normalized spacial score (nSPS) is 21.0. The molecule has 13 heteroatoms. The van der Waals surface area contributed by atoms with E-state index in [9.17, 15) is 18.3 Å². The molecule has 1 saturated heterocycles. The summed E-state index contributed by atoms with van der Waals surface area (Å²) in [6.07, 6.45) is -0.563. The van der Waals surface area contributed by atoms with Crippen LogP contribution in [0.15, 0.2) is 29.2 Å². The Hall–Kier alpha value is -2.61. The van der Waals surface area contributed by atoms with Gasteiger partial charge in [-0.2, -0.15) is 9.52 Å². The Bertz CT molecular complexity index is 872. The highest BCUT2D eigenvalue weighted by molar-refractivity contribution is 7.89. The number of ether oxygens (including phenoxy) is 1. The van der Waals surface area contributed by atoms with E-state index in [1.54, 1.807) is 0 Å². The molecule has 1 aliphatic rings. The lowest BCUT2D eigenvalue weighted by Crippen LogP contribution is -2.57. The van der Waals surface area contributed by atoms with E-state index in [0.29, 0.717) is 18.0 Å². The lowest BCUT2D eigenvalue weighted by molar-refractivity contribution is -0.138. The lowest BCUT2D eigenvalue weighted by atomic mass is 10.0. The van der Waals surface area contributed by atoms with Crippen LogP contribution in [0.1, 0.15) is 18.7 Å². The second-order valence-corrected chi connectivity index (χ2v) is 7.72. The van der Waals surface area contributed by atoms with E-state index in [1.165, 1.54) is 29.7 Å². The van der Waals surface area contributed by atoms with Crippen LogP contribution in [-0.2, 0) is 21.4 Å². The van der Waals surface area contributed by atoms with Crippen molar-refractivity contribution in [3.63, 3.8) is 0 Å². The number of rotatable bonds is 6. The molecule has 146 valence electrons. The molecule has 1 aromatic heterocycles. The van der Waals surface area contributed by atoms with Crippen LogP contribution < -0.4 is 10.2 Å². The van der Waals surface area contributed by atoms with Crippen molar-refractivity contribution < 1.29 is 28.3 Å². The number of piperidine rings is 1. The number of benzene rings is 1. The van der Waals surface area contributed by atoms with Gasteiger partial charge in [0.25, 0.3) is 5.91 Å². The standard InChI is InChI=1S/C14H18N6O6S/c21-11-2-1-7-20(13(11)14(22)17-23)27(24,25)10-5-3-9(4-6-10)26-8-12-15-18-19-16-12/h3-6,11,13,21,23H,1-2,7-8H2,(H,17,22)(H,15,16,18,19). The van der Waals surface area contributed by atoms with Gasteiger partial charge in [0.2, 0.25) is 15.8 Å². The highest BCUT2D eigenvalue weighted by Crippen LogP contribution is 2.27. The van der Waals surface area contributed by atoms with E-state index in [2.05, 4.69) is 20.6 Å². The first-order valence-corrected chi connectivity index (χ1v) is 9.46. The molecule has 0 aliphatic carbocycles. The molecule has 12 nitrogen and oxygen atoms in total. The quantitative estimate of drug-likeness (QED) is 0.344. The molecule has 0 saturated carbocycles. The number of nitrogens with zero attached hydrogens (tertiary/aromatic N) is 4. The third-order valence-corrected chi connectivity index (χ3v) is 6.01. The van der Waals surface area contributed by atoms with Crippen LogP contribution in [0.4, 0.5) is 0 Å². The number of nitrogens with one attached hydrogen (secondary N) is 2. The summed E-state index contributed by atoms with van der Waals surface area (Å²) in [5, 5.41) is 32.1. The number of hydrogen-bond acceptors (Lipinski definition) is 9. The molecule has 0 radical (unpaired) electrons. The zero-order valence-electron chi connectivity index (χ0n) is 14.0. The number of hydroxylamine groups is 1. The summed E-state index contributed by atoms with van der Waals surface area (Å²) in [4.78, 5) is 11.8. The number of aliphatic hydroxyl groups excluding tert-OH is 1. The van der Waals surface area contributed by atoms with Crippen LogP contribution in [0, 0.1) is 0 Å². The van der Waals surface area contributed by atoms with Crippen molar-refractivity contribution in [3.8, 4) is 5.75 Å². The molecule has 2 unspecified atom stereocenters. The zero-order chi connectivity index (χ0) is 19.4. The summed E-state index contributed by atoms with van der Waals surface area (Å²) in [7, 11) is -4.07. The van der Waals surface area contributed by atoms with Gasteiger partial charge in [-0.25, -0.2) is 13.9 Å². The molecule has 1 fully saturated rings. The van der Waals surface area contributed by atoms with Crippen molar-refractivity contribution in [1.29, 1.82) is 0 Å². The van der Waals surface area contributed by atoms with E-state index in [-0.39, 0.29) is 24.5 Å². The highest BCUT2D eigenvalue weighted by Gasteiger charge is 2.42. The summed E-state index contributed by atoms with van der Waals surface area (Å²) in [5.74, 6) is -0.250. The van der Waals surface area contributed by atoms with Gasteiger partial charge in [0, 0.05) is 6.54 Å². The van der Waals surface area contributed by atoms with Crippen LogP contribution in [0.2, 0.25) is 0 Å². The topological polar surface area (TPSA) is 171 Å². The molecule has 27 heavy (non-hydrogen) atoms. The van der Waals surface area contributed by atoms with Crippen LogP contribution in [-0.4, -0.2) is 68.3 Å². The van der Waals surface area contributed by atoms with Gasteiger partial charge in [0.15, 0.2) is 6.61 Å². The van der Waals surface area contributed by atoms with Crippen molar-refractivity contribution in [2.45, 2.75) is 36.5 Å². The Morgan fingerprint density at radius 2 is 2.11 bits per heavy atom. The SMILES string of the molecule is O=C(NO)C1C(O)CCCN1S(=O)(=O)c1ccc(OCc2nn[nH]n2)cc1. The number of aromatic nitrogens is 4. The predicted octanol–water partition coefficient (Wildman–Crippen LogP) is -1.20. The molecule has 3 rings (SSSR count). The fraction of sp³-hybridized carbons (Fsp3) is 0.429. The van der Waals surface area contributed by atoms with Gasteiger partial charge in [-0.05, 0) is 37.1 Å². The maximum atomic E-state index is 12.9. The van der Waals surface area contributed by atoms with Gasteiger partial charge in [0.05, 0.1) is 11.0 Å². The molecule has 0 bridgehead atoms. The van der Waals surface area contributed by atoms with Gasteiger partial charge in [-0.3, -0.25) is 10.0 Å². The average molecular weight is 398 g/mol. The minimum absolute atomic E-state index is 0.0492. The first kappa shape index (κ1) is 19.2. The molecule has 0 spiro atoms. The van der Waals surface area contributed by atoms with Gasteiger partial charge in [0.1, 0.15) is 11.8 Å². The lowest BCUT2D eigenvalue weighted by Gasteiger charge is -2.36. The average Bonchev–Trinajstić information content (AvgIpc) is 3.19. The number of carbonyl (C=O) groups excluding carboxylic acids is 1. The first-order chi connectivity index (χ1) is 12.9. The third kappa shape index (κ3) is 4.05. The summed E-state index contributed by atoms with van der Waals surface area (Å²) < 4.78 is 32.1. The Labute approximate surface area is 154 Å². The predicted molar refractivity (Wildman–Crippen MR) is 87.8 cm³/mol. The number of carbonyl (C=O) groups is 1. The Morgan fingerprint density at radius 1 is 1.37 bits per heavy atom. The van der Waals surface area contributed by atoms with Crippen molar-refractivity contribution >= 4 is 15.9 Å². The Morgan fingerprint density at radius 3 is 2.74 bits per heavy atom. The van der Waals surface area contributed by atoms with Crippen molar-refractivity contribution in [1.82, 2.24) is 30.4 Å². The number of H-pyrrole nitrogens is 1. The van der Waals surface area contributed by atoms with Crippen molar-refractivity contribution in [2.75, 3.05) is 6.54 Å². The molecule has 1 aromatic carbocycles. The van der Waals surface area contributed by atoms with E-state index in [0.717, 1.165) is 4.31 Å². The largest absolute Gasteiger partial charge is 0.485 e. The molecule has 1 aliphatic heterocycles. The summed E-state index contributed by atoms with van der Waals surface area (Å²) in [6, 6.07) is 4.16. The smallest absolute Gasteiger partial charge is 0.264 e. The van der Waals surface area contributed by atoms with E-state index < -0.39 is 28.1 Å². The van der Waals surface area contributed by atoms with Crippen LogP contribution >= 0.6 is 0 Å². The van der Waals surface area contributed by atoms with E-state index in [1.807, 2.05) is 0 Å². The maximum Gasteiger partial charge on any atom is 0.264 e. The number of aromatic amines is 1. The number of aliphatic hydroxyl groups is 1. The van der Waals surface area contributed by atoms with Crippen LogP contribution in [0.25, 0.3) is 0 Å². The summed E-state index contributed by atoms with van der Waals surface area (Å²) in [5.41, 5.74) is 1.41. The number of sulfonamides is 1. The first-order valence-electron chi connectivity index (χ1n) is 8.02. The van der Waals surface area contributed by atoms with E-state index >= 15 is 0 Å². The number of amides is 1.